The number of nitrogens with zero attached hydrogens (tertiary/aromatic N) is 3. The Hall–Kier alpha value is -3.40. The molecule has 10 heteroatoms. The van der Waals surface area contributed by atoms with Crippen LogP contribution in [-0.2, 0) is 11.4 Å². The number of thioether (sulfide) groups is 1. The van der Waals surface area contributed by atoms with Crippen molar-refractivity contribution in [3.05, 3.63) is 71.3 Å². The highest BCUT2D eigenvalue weighted by molar-refractivity contribution is 8.27. The Morgan fingerprint density at radius 3 is 2.47 bits per heavy atom. The summed E-state index contributed by atoms with van der Waals surface area (Å²) in [4.78, 5) is 15.9. The predicted octanol–water partition coefficient (Wildman–Crippen LogP) is 4.45. The summed E-state index contributed by atoms with van der Waals surface area (Å²) in [5.41, 5.74) is 1.44. The van der Waals surface area contributed by atoms with Crippen LogP contribution in [0.4, 0.5) is 13.2 Å². The minimum Gasteiger partial charge on any atom is -0.489 e. The number of hydrogen-bond acceptors (Lipinski definition) is 5. The number of alkyl halides is 3. The molecule has 0 spiro atoms. The maximum Gasteiger partial charge on any atom is 0.441 e. The lowest BCUT2D eigenvalue weighted by molar-refractivity contribution is -0.114. The summed E-state index contributed by atoms with van der Waals surface area (Å²) in [7, 11) is 0. The summed E-state index contributed by atoms with van der Waals surface area (Å²) in [5.74, 6) is -0.635. The van der Waals surface area contributed by atoms with E-state index in [9.17, 15) is 18.0 Å². The van der Waals surface area contributed by atoms with Crippen molar-refractivity contribution in [3.63, 3.8) is 0 Å². The Morgan fingerprint density at radius 1 is 1.10 bits per heavy atom. The molecular weight excluding hydrogens is 417 g/mol. The van der Waals surface area contributed by atoms with Crippen LogP contribution < -0.4 is 4.74 Å². The molecule has 2 aliphatic rings. The molecule has 0 unspecified atom stereocenters. The molecule has 152 valence electrons. The molecule has 0 fully saturated rings. The number of ether oxygens (including phenoxy) is 1. The number of rotatable bonds is 4. The first-order valence-corrected chi connectivity index (χ1v) is 9.47. The molecule has 2 aliphatic heterocycles. The molecule has 4 rings (SSSR count). The molecule has 0 saturated carbocycles. The lowest BCUT2D eigenvalue weighted by Crippen LogP contribution is -2.35. The number of amides is 1. The molecule has 1 amide bonds. The Kier molecular flexibility index (Phi) is 5.17. The summed E-state index contributed by atoms with van der Waals surface area (Å²) in [6, 6.07) is 16.4. The third kappa shape index (κ3) is 4.13. The van der Waals surface area contributed by atoms with Gasteiger partial charge in [-0.1, -0.05) is 42.5 Å². The number of aliphatic imine (C=N–C) groups is 1. The normalized spacial score (nSPS) is 17.7. The van der Waals surface area contributed by atoms with Crippen molar-refractivity contribution in [2.24, 2.45) is 10.1 Å². The van der Waals surface area contributed by atoms with Crippen LogP contribution in [-0.4, -0.2) is 33.1 Å². The number of halogens is 3. The number of benzene rings is 2. The first-order valence-electron chi connectivity index (χ1n) is 8.65. The second kappa shape index (κ2) is 7.79. The molecule has 30 heavy (non-hydrogen) atoms. The van der Waals surface area contributed by atoms with Gasteiger partial charge >= 0.3 is 6.18 Å². The Bertz CT molecular complexity index is 1090. The van der Waals surface area contributed by atoms with Gasteiger partial charge in [0.05, 0.1) is 5.57 Å². The molecule has 0 radical (unpaired) electrons. The van der Waals surface area contributed by atoms with Gasteiger partial charge in [0.25, 0.3) is 5.91 Å². The van der Waals surface area contributed by atoms with Crippen LogP contribution in [0.5, 0.6) is 5.75 Å². The van der Waals surface area contributed by atoms with Gasteiger partial charge in [0.15, 0.2) is 5.84 Å². The summed E-state index contributed by atoms with van der Waals surface area (Å²) >= 11 is 0.218. The summed E-state index contributed by atoms with van der Waals surface area (Å²) < 4.78 is 44.3. The van der Waals surface area contributed by atoms with Crippen LogP contribution in [0.15, 0.2) is 70.3 Å². The van der Waals surface area contributed by atoms with E-state index in [1.165, 1.54) is 6.08 Å². The lowest BCUT2D eigenvalue weighted by Gasteiger charge is -2.20. The van der Waals surface area contributed by atoms with Crippen LogP contribution in [0.2, 0.25) is 0 Å². The molecule has 2 aromatic rings. The van der Waals surface area contributed by atoms with E-state index >= 15 is 0 Å². The van der Waals surface area contributed by atoms with E-state index in [0.717, 1.165) is 10.6 Å². The third-order valence-electron chi connectivity index (χ3n) is 4.14. The molecule has 0 atom stereocenters. The zero-order valence-corrected chi connectivity index (χ0v) is 16.0. The number of fused-ring (bicyclic) bond motifs is 1. The van der Waals surface area contributed by atoms with E-state index in [-0.39, 0.29) is 22.5 Å². The van der Waals surface area contributed by atoms with Gasteiger partial charge in [0, 0.05) is 0 Å². The fraction of sp³-hybridized carbons (Fsp3) is 0.100. The van der Waals surface area contributed by atoms with Gasteiger partial charge in [-0.3, -0.25) is 10.2 Å². The van der Waals surface area contributed by atoms with Gasteiger partial charge < -0.3 is 4.74 Å². The second-order valence-corrected chi connectivity index (χ2v) is 7.22. The summed E-state index contributed by atoms with van der Waals surface area (Å²) in [5, 5.41) is 10.7. The molecule has 0 aromatic heterocycles. The zero-order chi connectivity index (χ0) is 21.3. The van der Waals surface area contributed by atoms with Crippen molar-refractivity contribution in [3.8, 4) is 5.75 Å². The van der Waals surface area contributed by atoms with Crippen LogP contribution >= 0.6 is 11.8 Å². The van der Waals surface area contributed by atoms with E-state index in [2.05, 4.69) is 10.1 Å². The van der Waals surface area contributed by atoms with E-state index in [1.54, 1.807) is 24.3 Å². The van der Waals surface area contributed by atoms with Gasteiger partial charge in [0.2, 0.25) is 10.2 Å². The van der Waals surface area contributed by atoms with E-state index in [1.807, 2.05) is 30.3 Å². The quantitative estimate of drug-likeness (QED) is 0.727. The fourth-order valence-corrected chi connectivity index (χ4v) is 3.43. The Morgan fingerprint density at radius 2 is 1.80 bits per heavy atom. The molecule has 0 saturated heterocycles. The average Bonchev–Trinajstić information content (AvgIpc) is 3.16. The van der Waals surface area contributed by atoms with Crippen LogP contribution in [0.25, 0.3) is 6.08 Å². The number of hydrazone groups is 1. The second-order valence-electron chi connectivity index (χ2n) is 6.27. The zero-order valence-electron chi connectivity index (χ0n) is 15.2. The van der Waals surface area contributed by atoms with Crippen molar-refractivity contribution >= 4 is 39.8 Å². The maximum absolute atomic E-state index is 12.9. The van der Waals surface area contributed by atoms with Crippen molar-refractivity contribution < 1.29 is 22.7 Å². The van der Waals surface area contributed by atoms with Gasteiger partial charge in [-0.25, -0.2) is 0 Å². The highest BCUT2D eigenvalue weighted by Crippen LogP contribution is 2.35. The number of carbonyl (C=O) groups is 1. The van der Waals surface area contributed by atoms with Crippen molar-refractivity contribution in [2.45, 2.75) is 12.8 Å². The van der Waals surface area contributed by atoms with Crippen LogP contribution in [0.1, 0.15) is 11.1 Å². The minimum absolute atomic E-state index is 0.149. The topological polar surface area (TPSA) is 78.1 Å². The number of nitrogens with one attached hydrogen (secondary N) is 1. The predicted molar refractivity (Wildman–Crippen MR) is 108 cm³/mol. The van der Waals surface area contributed by atoms with Crippen molar-refractivity contribution in [1.82, 2.24) is 5.01 Å². The summed E-state index contributed by atoms with van der Waals surface area (Å²) in [6.45, 7) is 0.397. The number of carbonyl (C=O) groups excluding carboxylic acids is 1. The van der Waals surface area contributed by atoms with E-state index in [0.29, 0.717) is 17.9 Å². The van der Waals surface area contributed by atoms with E-state index in [4.69, 9.17) is 10.1 Å². The molecular formula is C20H13F3N4O2S. The molecule has 2 heterocycles. The lowest BCUT2D eigenvalue weighted by atomic mass is 10.1. The Balaban J connectivity index is 1.50. The van der Waals surface area contributed by atoms with Gasteiger partial charge in [-0.05, 0) is 41.1 Å². The SMILES string of the molecule is N=C1/C(=C/c2ccc(OCc3ccccc3)cc2)C(=O)N=C2SC(C(F)(F)F)=NN12. The summed E-state index contributed by atoms with van der Waals surface area (Å²) in [6.07, 6.45) is -3.29. The molecule has 0 aliphatic carbocycles. The fourth-order valence-electron chi connectivity index (χ4n) is 2.67. The molecule has 0 bridgehead atoms. The number of amidine groups is 2. The average molecular weight is 430 g/mol. The molecule has 1 N–H and O–H groups in total. The largest absolute Gasteiger partial charge is 0.489 e. The van der Waals surface area contributed by atoms with E-state index < -0.39 is 23.0 Å². The van der Waals surface area contributed by atoms with Crippen molar-refractivity contribution in [1.29, 1.82) is 5.41 Å². The maximum atomic E-state index is 12.9. The van der Waals surface area contributed by atoms with Gasteiger partial charge in [0.1, 0.15) is 12.4 Å². The number of hydrogen-bond donors (Lipinski definition) is 1. The Labute approximate surface area is 173 Å². The van der Waals surface area contributed by atoms with Crippen molar-refractivity contribution in [2.75, 3.05) is 0 Å². The van der Waals surface area contributed by atoms with Gasteiger partial charge in [-0.2, -0.15) is 28.3 Å². The molecule has 2 aromatic carbocycles. The van der Waals surface area contributed by atoms with Gasteiger partial charge in [-0.15, -0.1) is 0 Å². The highest BCUT2D eigenvalue weighted by Gasteiger charge is 2.46. The smallest absolute Gasteiger partial charge is 0.441 e. The van der Waals surface area contributed by atoms with Crippen LogP contribution in [0.3, 0.4) is 0 Å². The molecule has 6 nitrogen and oxygen atoms in total. The third-order valence-corrected chi connectivity index (χ3v) is 5.09. The van der Waals surface area contributed by atoms with Crippen LogP contribution in [0, 0.1) is 5.41 Å². The highest BCUT2D eigenvalue weighted by atomic mass is 32.2. The standard InChI is InChI=1S/C20H13F3N4O2S/c21-20(22,23)18-26-27-16(24)15(17(28)25-19(27)30-18)10-12-6-8-14(9-7-12)29-11-13-4-2-1-3-5-13/h1-10,24H,11H2/b15-10-,24-16?. The first kappa shape index (κ1) is 19.9. The monoisotopic (exact) mass is 430 g/mol. The minimum atomic E-state index is -4.67. The first-order chi connectivity index (χ1) is 14.3.